The summed E-state index contributed by atoms with van der Waals surface area (Å²) in [6.45, 7) is 3.39. The van der Waals surface area contributed by atoms with Crippen molar-refractivity contribution in [2.75, 3.05) is 44.6 Å². The van der Waals surface area contributed by atoms with Gasteiger partial charge in [0.1, 0.15) is 11.6 Å². The summed E-state index contributed by atoms with van der Waals surface area (Å²) in [7, 11) is 2.96. The molecule has 2 aromatic rings. The lowest BCUT2D eigenvalue weighted by atomic mass is 10.2. The average Bonchev–Trinajstić information content (AvgIpc) is 2.80. The molecule has 184 valence electrons. The number of rotatable bonds is 11. The van der Waals surface area contributed by atoms with Gasteiger partial charge in [-0.15, -0.1) is 0 Å². The minimum atomic E-state index is -0.823. The van der Waals surface area contributed by atoms with E-state index < -0.39 is 29.7 Å². The first-order chi connectivity index (χ1) is 16.2. The molecule has 0 saturated heterocycles. The number of aromatic nitrogens is 2. The summed E-state index contributed by atoms with van der Waals surface area (Å²) in [5.74, 6) is -0.932. The van der Waals surface area contributed by atoms with Gasteiger partial charge in [0.15, 0.2) is 12.3 Å². The molecule has 0 saturated carbocycles. The third-order valence-electron chi connectivity index (χ3n) is 4.70. The van der Waals surface area contributed by atoms with Crippen LogP contribution in [0.15, 0.2) is 39.9 Å². The molecule has 0 fully saturated rings. The Labute approximate surface area is 196 Å². The first kappa shape index (κ1) is 26.4. The number of aromatic amines is 1. The number of ether oxygens (including phenoxy) is 3. The Morgan fingerprint density at radius 3 is 2.62 bits per heavy atom. The Morgan fingerprint density at radius 1 is 1.24 bits per heavy atom. The second kappa shape index (κ2) is 12.4. The molecular weight excluding hydrogens is 444 g/mol. The van der Waals surface area contributed by atoms with Crippen LogP contribution < -0.4 is 26.6 Å². The number of anilines is 2. The lowest BCUT2D eigenvalue weighted by Crippen LogP contribution is -2.44. The highest BCUT2D eigenvalue weighted by Crippen LogP contribution is 2.18. The largest absolute Gasteiger partial charge is 0.497 e. The molecule has 1 amide bonds. The highest BCUT2D eigenvalue weighted by Gasteiger charge is 2.25. The van der Waals surface area contributed by atoms with Gasteiger partial charge in [-0.05, 0) is 29.7 Å². The van der Waals surface area contributed by atoms with E-state index >= 15 is 0 Å². The van der Waals surface area contributed by atoms with E-state index in [2.05, 4.69) is 4.98 Å². The molecule has 0 unspecified atom stereocenters. The standard InChI is InChI=1S/C23H30N4O7/c1-15(2)13-27-21(24)20(22(30)25-23(27)31)26(10-11-32-3)18(28)14-34-19(29)9-8-16-6-5-7-17(12-16)33-4/h5-9,12,15H,10-11,13-14,24H2,1-4H3,(H,25,30,31)/b9-8+. The summed E-state index contributed by atoms with van der Waals surface area (Å²) in [4.78, 5) is 53.0. The highest BCUT2D eigenvalue weighted by atomic mass is 16.5. The van der Waals surface area contributed by atoms with Gasteiger partial charge in [-0.3, -0.25) is 24.0 Å². The maximum atomic E-state index is 12.9. The van der Waals surface area contributed by atoms with Crippen molar-refractivity contribution >= 4 is 29.5 Å². The molecule has 2 rings (SSSR count). The summed E-state index contributed by atoms with van der Waals surface area (Å²) in [5.41, 5.74) is 5.12. The van der Waals surface area contributed by atoms with Crippen LogP contribution in [0.25, 0.3) is 6.08 Å². The third-order valence-corrected chi connectivity index (χ3v) is 4.70. The van der Waals surface area contributed by atoms with Crippen LogP contribution in [0.1, 0.15) is 19.4 Å². The Hall–Kier alpha value is -3.86. The van der Waals surface area contributed by atoms with Gasteiger partial charge >= 0.3 is 11.7 Å². The molecule has 1 heterocycles. The summed E-state index contributed by atoms with van der Waals surface area (Å²) >= 11 is 0. The van der Waals surface area contributed by atoms with Crippen molar-refractivity contribution in [1.29, 1.82) is 0 Å². The normalized spacial score (nSPS) is 11.1. The Kier molecular flexibility index (Phi) is 9.62. The van der Waals surface area contributed by atoms with E-state index in [1.165, 1.54) is 30.9 Å². The number of benzene rings is 1. The van der Waals surface area contributed by atoms with E-state index in [4.69, 9.17) is 19.9 Å². The van der Waals surface area contributed by atoms with Gasteiger partial charge < -0.3 is 19.9 Å². The fraction of sp³-hybridized carbons (Fsp3) is 0.391. The molecule has 0 spiro atoms. The second-order valence-corrected chi connectivity index (χ2v) is 7.75. The van der Waals surface area contributed by atoms with E-state index in [0.717, 1.165) is 4.90 Å². The third kappa shape index (κ3) is 7.07. The lowest BCUT2D eigenvalue weighted by Gasteiger charge is -2.24. The van der Waals surface area contributed by atoms with Gasteiger partial charge in [-0.25, -0.2) is 9.59 Å². The molecule has 1 aromatic carbocycles. The van der Waals surface area contributed by atoms with Crippen molar-refractivity contribution in [1.82, 2.24) is 9.55 Å². The number of carbonyl (C=O) groups excluding carboxylic acids is 2. The van der Waals surface area contributed by atoms with Crippen molar-refractivity contribution in [2.24, 2.45) is 5.92 Å². The van der Waals surface area contributed by atoms with Crippen molar-refractivity contribution in [3.63, 3.8) is 0 Å². The number of nitrogens with one attached hydrogen (secondary N) is 1. The van der Waals surface area contributed by atoms with Crippen LogP contribution in [-0.4, -0.2) is 55.4 Å². The Balaban J connectivity index is 2.21. The molecule has 0 aliphatic carbocycles. The molecule has 0 bridgehead atoms. The zero-order chi connectivity index (χ0) is 25.3. The van der Waals surface area contributed by atoms with Gasteiger partial charge in [0.05, 0.1) is 13.7 Å². The maximum absolute atomic E-state index is 12.9. The van der Waals surface area contributed by atoms with Gasteiger partial charge in [0.2, 0.25) is 0 Å². The molecule has 11 heteroatoms. The quantitative estimate of drug-likeness (QED) is 0.363. The first-order valence-electron chi connectivity index (χ1n) is 10.6. The Bertz CT molecular complexity index is 1150. The zero-order valence-corrected chi connectivity index (χ0v) is 19.7. The zero-order valence-electron chi connectivity index (χ0n) is 19.7. The number of H-pyrrole nitrogens is 1. The molecule has 0 aliphatic rings. The molecule has 1 aromatic heterocycles. The predicted molar refractivity (Wildman–Crippen MR) is 128 cm³/mol. The summed E-state index contributed by atoms with van der Waals surface area (Å²) < 4.78 is 16.4. The average molecular weight is 475 g/mol. The SMILES string of the molecule is COCCN(C(=O)COC(=O)/C=C/c1cccc(OC)c1)c1c(N)n(CC(C)C)c(=O)[nH]c1=O. The van der Waals surface area contributed by atoms with E-state index in [-0.39, 0.29) is 37.1 Å². The molecule has 3 N–H and O–H groups in total. The fourth-order valence-electron chi connectivity index (χ4n) is 3.10. The molecule has 0 aliphatic heterocycles. The fourth-order valence-corrected chi connectivity index (χ4v) is 3.10. The number of hydrogen-bond donors (Lipinski definition) is 2. The predicted octanol–water partition coefficient (Wildman–Crippen LogP) is 1.02. The number of nitrogens with zero attached hydrogens (tertiary/aromatic N) is 2. The van der Waals surface area contributed by atoms with Gasteiger partial charge in [-0.1, -0.05) is 26.0 Å². The Morgan fingerprint density at radius 2 is 1.97 bits per heavy atom. The molecule has 11 nitrogen and oxygen atoms in total. The maximum Gasteiger partial charge on any atom is 0.331 e. The number of esters is 1. The van der Waals surface area contributed by atoms with Crippen LogP contribution in [0.5, 0.6) is 5.75 Å². The number of methoxy groups -OCH3 is 2. The topological polar surface area (TPSA) is 146 Å². The number of carbonyl (C=O) groups is 2. The molecule has 34 heavy (non-hydrogen) atoms. The van der Waals surface area contributed by atoms with Crippen LogP contribution in [0, 0.1) is 5.92 Å². The van der Waals surface area contributed by atoms with Crippen molar-refractivity contribution in [3.05, 3.63) is 56.7 Å². The minimum absolute atomic E-state index is 0.0420. The minimum Gasteiger partial charge on any atom is -0.497 e. The molecule has 0 radical (unpaired) electrons. The van der Waals surface area contributed by atoms with Crippen LogP contribution >= 0.6 is 0 Å². The summed E-state index contributed by atoms with van der Waals surface area (Å²) in [6, 6.07) is 7.02. The van der Waals surface area contributed by atoms with E-state index in [1.54, 1.807) is 24.3 Å². The summed E-state index contributed by atoms with van der Waals surface area (Å²) in [5, 5.41) is 0. The van der Waals surface area contributed by atoms with Crippen LogP contribution in [0.2, 0.25) is 0 Å². The van der Waals surface area contributed by atoms with Crippen LogP contribution in [0.3, 0.4) is 0 Å². The van der Waals surface area contributed by atoms with Crippen LogP contribution in [0.4, 0.5) is 11.5 Å². The van der Waals surface area contributed by atoms with Crippen LogP contribution in [-0.2, 0) is 25.6 Å². The van der Waals surface area contributed by atoms with Gasteiger partial charge in [0, 0.05) is 26.3 Å². The van der Waals surface area contributed by atoms with Crippen molar-refractivity contribution in [2.45, 2.75) is 20.4 Å². The first-order valence-corrected chi connectivity index (χ1v) is 10.6. The van der Waals surface area contributed by atoms with Gasteiger partial charge in [-0.2, -0.15) is 0 Å². The van der Waals surface area contributed by atoms with E-state index in [1.807, 2.05) is 13.8 Å². The van der Waals surface area contributed by atoms with Crippen molar-refractivity contribution < 1.29 is 23.8 Å². The van der Waals surface area contributed by atoms with Crippen molar-refractivity contribution in [3.8, 4) is 5.75 Å². The van der Waals surface area contributed by atoms with Gasteiger partial charge in [0.25, 0.3) is 11.5 Å². The van der Waals surface area contributed by atoms with E-state index in [0.29, 0.717) is 11.3 Å². The smallest absolute Gasteiger partial charge is 0.331 e. The molecule has 0 atom stereocenters. The molecular formula is C23H30N4O7. The monoisotopic (exact) mass is 474 g/mol. The highest BCUT2D eigenvalue weighted by molar-refractivity contribution is 5.98. The number of nitrogen functional groups attached to an aromatic ring is 1. The summed E-state index contributed by atoms with van der Waals surface area (Å²) in [6.07, 6.45) is 2.69. The number of nitrogens with two attached hydrogens (primary N) is 1. The lowest BCUT2D eigenvalue weighted by molar-refractivity contribution is -0.142. The number of hydrogen-bond acceptors (Lipinski definition) is 8. The van der Waals surface area contributed by atoms with E-state index in [9.17, 15) is 19.2 Å². The number of amides is 1. The second-order valence-electron chi connectivity index (χ2n) is 7.75.